The quantitative estimate of drug-likeness (QED) is 0.500. The molecule has 13 heavy (non-hydrogen) atoms. The number of nitrogens with two attached hydrogens (primary N) is 2. The van der Waals surface area contributed by atoms with E-state index in [0.29, 0.717) is 12.1 Å². The molecule has 1 rings (SSSR count). The van der Waals surface area contributed by atoms with Crippen LogP contribution in [0, 0.1) is 11.3 Å². The summed E-state index contributed by atoms with van der Waals surface area (Å²) in [5, 5.41) is 8.72. The number of hydrogen-bond acceptors (Lipinski definition) is 2. The van der Waals surface area contributed by atoms with Crippen molar-refractivity contribution in [3.8, 4) is 6.07 Å². The summed E-state index contributed by atoms with van der Waals surface area (Å²) >= 11 is 0. The average molecular weight is 174 g/mol. The predicted molar refractivity (Wildman–Crippen MR) is 50.7 cm³/mol. The largest absolute Gasteiger partial charge is 0.370 e. The van der Waals surface area contributed by atoms with Crippen LogP contribution in [0.2, 0.25) is 0 Å². The van der Waals surface area contributed by atoms with E-state index in [1.54, 1.807) is 12.1 Å². The Labute approximate surface area is 76.5 Å². The lowest BCUT2D eigenvalue weighted by atomic mass is 10.1. The van der Waals surface area contributed by atoms with Crippen LogP contribution in [0.3, 0.4) is 0 Å². The van der Waals surface area contributed by atoms with Gasteiger partial charge in [0, 0.05) is 0 Å². The molecule has 0 aliphatic heterocycles. The normalized spacial score (nSPS) is 8.85. The second-order valence-corrected chi connectivity index (χ2v) is 2.51. The number of guanidine groups is 1. The standard InChI is InChI=1S/C9H10N4/c10-5-7-3-1-2-4-8(7)6-13-9(11)12/h1-4H,6H2,(H4,11,12,13). The van der Waals surface area contributed by atoms with Crippen LogP contribution in [0.15, 0.2) is 29.3 Å². The Balaban J connectivity index is 2.89. The molecule has 0 atom stereocenters. The fourth-order valence-electron chi connectivity index (χ4n) is 0.944. The maximum atomic E-state index is 8.72. The molecule has 0 unspecified atom stereocenters. The van der Waals surface area contributed by atoms with Crippen LogP contribution in [0.25, 0.3) is 0 Å². The molecule has 0 aliphatic rings. The first-order chi connectivity index (χ1) is 6.24. The molecule has 0 amide bonds. The van der Waals surface area contributed by atoms with Gasteiger partial charge in [0.1, 0.15) is 0 Å². The minimum atomic E-state index is 0.0349. The Bertz CT molecular complexity index is 358. The van der Waals surface area contributed by atoms with Gasteiger partial charge in [-0.3, -0.25) is 0 Å². The zero-order valence-electron chi connectivity index (χ0n) is 7.07. The van der Waals surface area contributed by atoms with Crippen LogP contribution in [0.1, 0.15) is 11.1 Å². The van der Waals surface area contributed by atoms with E-state index in [4.69, 9.17) is 16.7 Å². The Morgan fingerprint density at radius 1 is 1.38 bits per heavy atom. The number of nitrogens with zero attached hydrogens (tertiary/aromatic N) is 2. The first-order valence-electron chi connectivity index (χ1n) is 3.77. The monoisotopic (exact) mass is 174 g/mol. The molecule has 4 heteroatoms. The zero-order chi connectivity index (χ0) is 9.68. The fourth-order valence-corrected chi connectivity index (χ4v) is 0.944. The molecule has 0 aromatic heterocycles. The number of hydrogen-bond donors (Lipinski definition) is 2. The van der Waals surface area contributed by atoms with Crippen LogP contribution in [0.4, 0.5) is 0 Å². The second-order valence-electron chi connectivity index (χ2n) is 2.51. The zero-order valence-corrected chi connectivity index (χ0v) is 7.07. The minimum absolute atomic E-state index is 0.0349. The minimum Gasteiger partial charge on any atom is -0.370 e. The topological polar surface area (TPSA) is 88.2 Å². The molecule has 0 saturated heterocycles. The highest BCUT2D eigenvalue weighted by molar-refractivity contribution is 5.75. The molecule has 0 bridgehead atoms. The van der Waals surface area contributed by atoms with Gasteiger partial charge in [-0.25, -0.2) is 4.99 Å². The van der Waals surface area contributed by atoms with Crippen LogP contribution in [-0.4, -0.2) is 5.96 Å². The van der Waals surface area contributed by atoms with Crippen molar-refractivity contribution in [3.63, 3.8) is 0 Å². The lowest BCUT2D eigenvalue weighted by molar-refractivity contribution is 1.05. The van der Waals surface area contributed by atoms with Crippen LogP contribution in [0.5, 0.6) is 0 Å². The molecular formula is C9H10N4. The van der Waals surface area contributed by atoms with E-state index < -0.39 is 0 Å². The first-order valence-corrected chi connectivity index (χ1v) is 3.77. The van der Waals surface area contributed by atoms with Crippen molar-refractivity contribution in [3.05, 3.63) is 35.4 Å². The van der Waals surface area contributed by atoms with E-state index in [0.717, 1.165) is 5.56 Å². The highest BCUT2D eigenvalue weighted by Gasteiger charge is 1.98. The number of nitriles is 1. The van der Waals surface area contributed by atoms with Gasteiger partial charge < -0.3 is 11.5 Å². The van der Waals surface area contributed by atoms with Gasteiger partial charge in [0.2, 0.25) is 0 Å². The molecule has 4 nitrogen and oxygen atoms in total. The van der Waals surface area contributed by atoms with E-state index in [9.17, 15) is 0 Å². The van der Waals surface area contributed by atoms with E-state index in [1.807, 2.05) is 12.1 Å². The summed E-state index contributed by atoms with van der Waals surface area (Å²) in [6.07, 6.45) is 0. The molecule has 4 N–H and O–H groups in total. The molecule has 0 fully saturated rings. The van der Waals surface area contributed by atoms with E-state index >= 15 is 0 Å². The second kappa shape index (κ2) is 4.12. The molecule has 0 spiro atoms. The van der Waals surface area contributed by atoms with E-state index in [1.165, 1.54) is 0 Å². The average Bonchev–Trinajstić information content (AvgIpc) is 2.15. The molecule has 1 aromatic carbocycles. The van der Waals surface area contributed by atoms with E-state index in [2.05, 4.69) is 11.1 Å². The summed E-state index contributed by atoms with van der Waals surface area (Å²) in [4.78, 5) is 3.82. The van der Waals surface area contributed by atoms with Crippen molar-refractivity contribution < 1.29 is 0 Å². The van der Waals surface area contributed by atoms with Gasteiger partial charge in [-0.2, -0.15) is 5.26 Å². The summed E-state index contributed by atoms with van der Waals surface area (Å²) in [7, 11) is 0. The lowest BCUT2D eigenvalue weighted by Crippen LogP contribution is -2.22. The molecule has 0 saturated carbocycles. The van der Waals surface area contributed by atoms with Crippen molar-refractivity contribution in [2.24, 2.45) is 16.5 Å². The molecule has 0 heterocycles. The Hall–Kier alpha value is -2.02. The molecule has 66 valence electrons. The van der Waals surface area contributed by atoms with Crippen molar-refractivity contribution in [1.29, 1.82) is 5.26 Å². The maximum Gasteiger partial charge on any atom is 0.186 e. The third-order valence-electron chi connectivity index (χ3n) is 1.57. The SMILES string of the molecule is N#Cc1ccccc1CN=C(N)N. The molecule has 1 aromatic rings. The number of benzene rings is 1. The third kappa shape index (κ3) is 2.49. The highest BCUT2D eigenvalue weighted by Crippen LogP contribution is 2.07. The Morgan fingerprint density at radius 3 is 2.69 bits per heavy atom. The summed E-state index contributed by atoms with van der Waals surface area (Å²) in [6.45, 7) is 0.353. The summed E-state index contributed by atoms with van der Waals surface area (Å²) in [5.41, 5.74) is 11.8. The predicted octanol–water partition coefficient (Wildman–Crippen LogP) is 0.332. The van der Waals surface area contributed by atoms with Crippen LogP contribution < -0.4 is 11.5 Å². The number of rotatable bonds is 2. The summed E-state index contributed by atoms with van der Waals surface area (Å²) in [6, 6.07) is 9.28. The lowest BCUT2D eigenvalue weighted by Gasteiger charge is -1.98. The molecule has 0 aliphatic carbocycles. The number of aliphatic imine (C=N–C) groups is 1. The third-order valence-corrected chi connectivity index (χ3v) is 1.57. The van der Waals surface area contributed by atoms with Gasteiger partial charge in [0.25, 0.3) is 0 Å². The van der Waals surface area contributed by atoms with Crippen molar-refractivity contribution in [2.75, 3.05) is 0 Å². The summed E-state index contributed by atoms with van der Waals surface area (Å²) in [5.74, 6) is 0.0349. The van der Waals surface area contributed by atoms with Crippen LogP contribution >= 0.6 is 0 Å². The highest BCUT2D eigenvalue weighted by atomic mass is 15.0. The maximum absolute atomic E-state index is 8.72. The van der Waals surface area contributed by atoms with Gasteiger partial charge >= 0.3 is 0 Å². The van der Waals surface area contributed by atoms with Gasteiger partial charge in [-0.05, 0) is 11.6 Å². The van der Waals surface area contributed by atoms with Crippen molar-refractivity contribution in [2.45, 2.75) is 6.54 Å². The van der Waals surface area contributed by atoms with E-state index in [-0.39, 0.29) is 5.96 Å². The molecule has 0 radical (unpaired) electrons. The van der Waals surface area contributed by atoms with Gasteiger partial charge in [0.05, 0.1) is 18.2 Å². The van der Waals surface area contributed by atoms with Crippen LogP contribution in [-0.2, 0) is 6.54 Å². The van der Waals surface area contributed by atoms with Crippen molar-refractivity contribution >= 4 is 5.96 Å². The van der Waals surface area contributed by atoms with Gasteiger partial charge in [0.15, 0.2) is 5.96 Å². The smallest absolute Gasteiger partial charge is 0.186 e. The Kier molecular flexibility index (Phi) is 2.87. The molecular weight excluding hydrogens is 164 g/mol. The first kappa shape index (κ1) is 9.07. The summed E-state index contributed by atoms with van der Waals surface area (Å²) < 4.78 is 0. The van der Waals surface area contributed by atoms with Gasteiger partial charge in [-0.15, -0.1) is 0 Å². The van der Waals surface area contributed by atoms with Gasteiger partial charge in [-0.1, -0.05) is 18.2 Å². The fraction of sp³-hybridized carbons (Fsp3) is 0.111. The van der Waals surface area contributed by atoms with Crippen molar-refractivity contribution in [1.82, 2.24) is 0 Å². The Morgan fingerprint density at radius 2 is 2.08 bits per heavy atom.